The molecular formula is C22H23BrO5. The van der Waals surface area contributed by atoms with Gasteiger partial charge in [0.05, 0.1) is 13.2 Å². The van der Waals surface area contributed by atoms with Crippen LogP contribution in [0.2, 0.25) is 0 Å². The van der Waals surface area contributed by atoms with E-state index in [0.29, 0.717) is 30.3 Å². The first-order chi connectivity index (χ1) is 13.5. The monoisotopic (exact) mass is 446 g/mol. The molecule has 0 aliphatic heterocycles. The Hall–Kier alpha value is -2.60. The molecule has 28 heavy (non-hydrogen) atoms. The Morgan fingerprint density at radius 3 is 2.43 bits per heavy atom. The molecule has 148 valence electrons. The van der Waals surface area contributed by atoms with Crippen LogP contribution in [0.3, 0.4) is 0 Å². The third-order valence-corrected chi connectivity index (χ3v) is 4.18. The van der Waals surface area contributed by atoms with Gasteiger partial charge in [-0.05, 0) is 49.2 Å². The molecule has 0 aliphatic carbocycles. The van der Waals surface area contributed by atoms with Gasteiger partial charge in [0.1, 0.15) is 0 Å². The van der Waals surface area contributed by atoms with Crippen LogP contribution in [0.15, 0.2) is 53.0 Å². The van der Waals surface area contributed by atoms with Crippen molar-refractivity contribution in [2.24, 2.45) is 0 Å². The van der Waals surface area contributed by atoms with Crippen molar-refractivity contribution < 1.29 is 23.8 Å². The zero-order valence-electron chi connectivity index (χ0n) is 15.9. The van der Waals surface area contributed by atoms with Gasteiger partial charge in [0, 0.05) is 16.1 Å². The van der Waals surface area contributed by atoms with Crippen LogP contribution in [0.25, 0.3) is 6.08 Å². The fraction of sp³-hybridized carbons (Fsp3) is 0.273. The Kier molecular flexibility index (Phi) is 8.75. The second-order valence-corrected chi connectivity index (χ2v) is 6.77. The molecule has 0 radical (unpaired) electrons. The minimum atomic E-state index is -0.588. The molecule has 0 heterocycles. The number of benzene rings is 2. The zero-order valence-corrected chi connectivity index (χ0v) is 17.5. The molecule has 2 rings (SSSR count). The largest absolute Gasteiger partial charge is 0.490 e. The predicted octanol–water partition coefficient (Wildman–Crippen LogP) is 5.08. The Morgan fingerprint density at radius 1 is 1.00 bits per heavy atom. The molecule has 0 spiro atoms. The highest BCUT2D eigenvalue weighted by Crippen LogP contribution is 2.29. The maximum Gasteiger partial charge on any atom is 0.331 e. The van der Waals surface area contributed by atoms with Crippen LogP contribution >= 0.6 is 15.9 Å². The highest BCUT2D eigenvalue weighted by atomic mass is 79.9. The van der Waals surface area contributed by atoms with Gasteiger partial charge in [0.15, 0.2) is 23.9 Å². The van der Waals surface area contributed by atoms with Crippen LogP contribution < -0.4 is 9.47 Å². The van der Waals surface area contributed by atoms with Gasteiger partial charge < -0.3 is 14.2 Å². The topological polar surface area (TPSA) is 61.8 Å². The lowest BCUT2D eigenvalue weighted by Gasteiger charge is -2.12. The molecule has 0 aliphatic rings. The number of Topliss-reactive ketones (excluding diaryl/α,β-unsaturated/α-hetero) is 1. The van der Waals surface area contributed by atoms with Crippen LogP contribution in [-0.4, -0.2) is 31.6 Å². The normalized spacial score (nSPS) is 10.7. The van der Waals surface area contributed by atoms with Crippen molar-refractivity contribution in [1.82, 2.24) is 0 Å². The highest BCUT2D eigenvalue weighted by Gasteiger charge is 2.09. The summed E-state index contributed by atoms with van der Waals surface area (Å²) in [7, 11) is 0. The number of esters is 1. The number of ketones is 1. The van der Waals surface area contributed by atoms with Crippen molar-refractivity contribution in [3.63, 3.8) is 0 Å². The first-order valence-electron chi connectivity index (χ1n) is 9.06. The smallest absolute Gasteiger partial charge is 0.331 e. The summed E-state index contributed by atoms with van der Waals surface area (Å²) in [5.41, 5.74) is 1.26. The highest BCUT2D eigenvalue weighted by molar-refractivity contribution is 9.10. The average molecular weight is 447 g/mol. The number of carbonyl (C=O) groups excluding carboxylic acids is 2. The van der Waals surface area contributed by atoms with E-state index in [9.17, 15) is 9.59 Å². The van der Waals surface area contributed by atoms with Crippen molar-refractivity contribution in [3.8, 4) is 11.5 Å². The fourth-order valence-electron chi connectivity index (χ4n) is 2.30. The van der Waals surface area contributed by atoms with Gasteiger partial charge in [-0.1, -0.05) is 41.1 Å². The summed E-state index contributed by atoms with van der Waals surface area (Å²) in [5, 5.41) is 0. The standard InChI is InChI=1S/C22H23BrO5/c1-3-13-27-20-11-5-16(14-21(20)26-4-2)6-12-22(25)28-15-19(24)17-7-9-18(23)10-8-17/h5-12,14H,3-4,13,15H2,1-2H3/b12-6+. The zero-order chi connectivity index (χ0) is 20.4. The summed E-state index contributed by atoms with van der Waals surface area (Å²) in [6.07, 6.45) is 3.79. The molecule has 2 aromatic carbocycles. The van der Waals surface area contributed by atoms with E-state index in [1.807, 2.05) is 26.0 Å². The molecule has 0 unspecified atom stereocenters. The third-order valence-electron chi connectivity index (χ3n) is 3.65. The number of halogens is 1. The maximum absolute atomic E-state index is 12.0. The lowest BCUT2D eigenvalue weighted by molar-refractivity contribution is -0.136. The Balaban J connectivity index is 1.94. The van der Waals surface area contributed by atoms with E-state index < -0.39 is 5.97 Å². The number of ether oxygens (including phenoxy) is 3. The maximum atomic E-state index is 12.0. The van der Waals surface area contributed by atoms with Gasteiger partial charge in [-0.2, -0.15) is 0 Å². The first kappa shape index (κ1) is 21.7. The van der Waals surface area contributed by atoms with Gasteiger partial charge in [0.2, 0.25) is 0 Å². The molecule has 0 aromatic heterocycles. The molecule has 6 heteroatoms. The summed E-state index contributed by atoms with van der Waals surface area (Å²) >= 11 is 3.31. The van der Waals surface area contributed by atoms with Crippen LogP contribution in [0.1, 0.15) is 36.2 Å². The van der Waals surface area contributed by atoms with E-state index in [2.05, 4.69) is 15.9 Å². The van der Waals surface area contributed by atoms with E-state index in [1.54, 1.807) is 36.4 Å². The lowest BCUT2D eigenvalue weighted by atomic mass is 10.1. The van der Waals surface area contributed by atoms with Crippen molar-refractivity contribution in [2.45, 2.75) is 20.3 Å². The number of hydrogen-bond acceptors (Lipinski definition) is 5. The summed E-state index contributed by atoms with van der Waals surface area (Å²) in [5.74, 6) is 0.445. The van der Waals surface area contributed by atoms with Crippen LogP contribution in [0.4, 0.5) is 0 Å². The summed E-state index contributed by atoms with van der Waals surface area (Å²) in [6, 6.07) is 12.3. The molecule has 0 fully saturated rings. The second kappa shape index (κ2) is 11.3. The van der Waals surface area contributed by atoms with Crippen LogP contribution in [0, 0.1) is 0 Å². The van der Waals surface area contributed by atoms with Crippen molar-refractivity contribution in [3.05, 3.63) is 64.1 Å². The molecule has 2 aromatic rings. The molecule has 5 nitrogen and oxygen atoms in total. The van der Waals surface area contributed by atoms with Gasteiger partial charge >= 0.3 is 5.97 Å². The van der Waals surface area contributed by atoms with E-state index in [1.165, 1.54) is 6.08 Å². The minimum absolute atomic E-state index is 0.259. The van der Waals surface area contributed by atoms with Gasteiger partial charge in [0.25, 0.3) is 0 Å². The molecule has 0 saturated heterocycles. The van der Waals surface area contributed by atoms with Crippen molar-refractivity contribution in [1.29, 1.82) is 0 Å². The molecule has 0 saturated carbocycles. The minimum Gasteiger partial charge on any atom is -0.490 e. The Bertz CT molecular complexity index is 827. The summed E-state index contributed by atoms with van der Waals surface area (Å²) in [6.45, 7) is 4.74. The lowest BCUT2D eigenvalue weighted by Crippen LogP contribution is -2.12. The number of carbonyl (C=O) groups is 2. The Labute approximate surface area is 173 Å². The molecule has 0 N–H and O–H groups in total. The molecule has 0 bridgehead atoms. The third kappa shape index (κ3) is 6.85. The van der Waals surface area contributed by atoms with Gasteiger partial charge in [-0.25, -0.2) is 4.79 Å². The molecule has 0 atom stereocenters. The fourth-order valence-corrected chi connectivity index (χ4v) is 2.56. The summed E-state index contributed by atoms with van der Waals surface area (Å²) < 4.78 is 17.1. The van der Waals surface area contributed by atoms with Gasteiger partial charge in [-0.3, -0.25) is 4.79 Å². The van der Waals surface area contributed by atoms with E-state index >= 15 is 0 Å². The Morgan fingerprint density at radius 2 is 1.75 bits per heavy atom. The van der Waals surface area contributed by atoms with Crippen LogP contribution in [-0.2, 0) is 9.53 Å². The van der Waals surface area contributed by atoms with Crippen molar-refractivity contribution in [2.75, 3.05) is 19.8 Å². The summed E-state index contributed by atoms with van der Waals surface area (Å²) in [4.78, 5) is 23.9. The van der Waals surface area contributed by atoms with Gasteiger partial charge in [-0.15, -0.1) is 0 Å². The number of hydrogen-bond donors (Lipinski definition) is 0. The second-order valence-electron chi connectivity index (χ2n) is 5.86. The SMILES string of the molecule is CCCOc1ccc(/C=C/C(=O)OCC(=O)c2ccc(Br)cc2)cc1OCC. The quantitative estimate of drug-likeness (QED) is 0.289. The van der Waals surface area contributed by atoms with Crippen LogP contribution in [0.5, 0.6) is 11.5 Å². The predicted molar refractivity (Wildman–Crippen MR) is 112 cm³/mol. The number of rotatable bonds is 10. The molecular weight excluding hydrogens is 424 g/mol. The molecule has 0 amide bonds. The van der Waals surface area contributed by atoms with E-state index in [0.717, 1.165) is 16.5 Å². The van der Waals surface area contributed by atoms with E-state index in [-0.39, 0.29) is 12.4 Å². The first-order valence-corrected chi connectivity index (χ1v) is 9.86. The van der Waals surface area contributed by atoms with Crippen molar-refractivity contribution >= 4 is 33.8 Å². The van der Waals surface area contributed by atoms with E-state index in [4.69, 9.17) is 14.2 Å². The average Bonchev–Trinajstić information content (AvgIpc) is 2.70.